The Balaban J connectivity index is 1.59. The number of hydrogen-bond donors (Lipinski definition) is 2. The maximum absolute atomic E-state index is 10.5. The molecule has 32 heavy (non-hydrogen) atoms. The number of anilines is 1. The van der Waals surface area contributed by atoms with Crippen LogP contribution in [0.2, 0.25) is 0 Å². The second kappa shape index (κ2) is 8.94. The largest absolute Gasteiger partial charge is 0.508 e. The molecule has 0 radical (unpaired) electrons. The first kappa shape index (κ1) is 20.4. The van der Waals surface area contributed by atoms with Gasteiger partial charge in [-0.1, -0.05) is 36.4 Å². The fraction of sp³-hybridized carbons (Fsp3) is 0.208. The van der Waals surface area contributed by atoms with Crippen LogP contribution in [0.1, 0.15) is 5.56 Å². The van der Waals surface area contributed by atoms with Gasteiger partial charge in [0.2, 0.25) is 6.41 Å². The smallest absolute Gasteiger partial charge is 0.207 e. The SMILES string of the molecule is O=CNCc1ccc(-c2cc3nc(-c4cccc(O)c4)nc(N4CCOCC4)c3s2)cc1. The van der Waals surface area contributed by atoms with Crippen LogP contribution in [0.3, 0.4) is 0 Å². The number of fused-ring (bicyclic) bond motifs is 1. The summed E-state index contributed by atoms with van der Waals surface area (Å²) < 4.78 is 6.58. The third kappa shape index (κ3) is 4.15. The van der Waals surface area contributed by atoms with Crippen LogP contribution in [0.15, 0.2) is 54.6 Å². The summed E-state index contributed by atoms with van der Waals surface area (Å²) in [6, 6.07) is 17.3. The van der Waals surface area contributed by atoms with E-state index < -0.39 is 0 Å². The Bertz CT molecular complexity index is 1250. The molecule has 5 rings (SSSR count). The lowest BCUT2D eigenvalue weighted by molar-refractivity contribution is -0.109. The minimum absolute atomic E-state index is 0.189. The highest BCUT2D eigenvalue weighted by Crippen LogP contribution is 2.39. The summed E-state index contributed by atoms with van der Waals surface area (Å²) in [4.78, 5) is 23.6. The molecular weight excluding hydrogens is 424 g/mol. The van der Waals surface area contributed by atoms with Crippen molar-refractivity contribution in [3.05, 3.63) is 60.2 Å². The lowest BCUT2D eigenvalue weighted by atomic mass is 10.1. The van der Waals surface area contributed by atoms with E-state index in [1.54, 1.807) is 29.5 Å². The fourth-order valence-electron chi connectivity index (χ4n) is 3.77. The van der Waals surface area contributed by atoms with Crippen molar-refractivity contribution in [3.8, 4) is 27.6 Å². The number of nitrogens with one attached hydrogen (secondary N) is 1. The Morgan fingerprint density at radius 2 is 1.88 bits per heavy atom. The highest BCUT2D eigenvalue weighted by molar-refractivity contribution is 7.22. The summed E-state index contributed by atoms with van der Waals surface area (Å²) in [5, 5.41) is 12.6. The predicted octanol–water partition coefficient (Wildman–Crippen LogP) is 3.81. The maximum atomic E-state index is 10.5. The number of phenols is 1. The zero-order chi connectivity index (χ0) is 21.9. The summed E-state index contributed by atoms with van der Waals surface area (Å²) in [5.74, 6) is 1.68. The lowest BCUT2D eigenvalue weighted by Gasteiger charge is -2.28. The number of amides is 1. The molecule has 4 aromatic rings. The standard InChI is InChI=1S/C24H22N4O3S/c29-15-25-14-16-4-6-17(7-5-16)21-13-20-22(32-21)24(28-8-10-31-11-9-28)27-23(26-20)18-2-1-3-19(30)12-18/h1-7,12-13,15,30H,8-11,14H2,(H,25,29). The second-order valence-electron chi connectivity index (χ2n) is 7.54. The third-order valence-corrected chi connectivity index (χ3v) is 6.57. The van der Waals surface area contributed by atoms with Crippen molar-refractivity contribution >= 4 is 33.8 Å². The number of hydrogen-bond acceptors (Lipinski definition) is 7. The summed E-state index contributed by atoms with van der Waals surface area (Å²) >= 11 is 1.67. The average Bonchev–Trinajstić information content (AvgIpc) is 3.27. The number of rotatable bonds is 6. The van der Waals surface area contributed by atoms with E-state index in [-0.39, 0.29) is 5.75 Å². The summed E-state index contributed by atoms with van der Waals surface area (Å²) in [5.41, 5.74) is 3.80. The first-order valence-electron chi connectivity index (χ1n) is 10.4. The van der Waals surface area contributed by atoms with E-state index in [2.05, 4.69) is 28.4 Å². The number of ether oxygens (including phenoxy) is 1. The summed E-state index contributed by atoms with van der Waals surface area (Å²) in [7, 11) is 0. The molecule has 8 heteroatoms. The van der Waals surface area contributed by atoms with Crippen molar-refractivity contribution in [1.29, 1.82) is 0 Å². The number of benzene rings is 2. The average molecular weight is 447 g/mol. The second-order valence-corrected chi connectivity index (χ2v) is 8.59. The quantitative estimate of drug-likeness (QED) is 0.438. The summed E-state index contributed by atoms with van der Waals surface area (Å²) in [6.45, 7) is 3.40. The van der Waals surface area contributed by atoms with Crippen LogP contribution in [0.25, 0.3) is 32.0 Å². The maximum Gasteiger partial charge on any atom is 0.207 e. The molecule has 7 nitrogen and oxygen atoms in total. The van der Waals surface area contributed by atoms with Crippen LogP contribution in [-0.4, -0.2) is 47.8 Å². The highest BCUT2D eigenvalue weighted by Gasteiger charge is 2.20. The number of carbonyl (C=O) groups is 1. The van der Waals surface area contributed by atoms with Gasteiger partial charge in [0.15, 0.2) is 11.6 Å². The normalized spacial score (nSPS) is 13.9. The molecule has 0 unspecified atom stereocenters. The van der Waals surface area contributed by atoms with Gasteiger partial charge < -0.3 is 20.1 Å². The van der Waals surface area contributed by atoms with E-state index in [1.165, 1.54) is 0 Å². The van der Waals surface area contributed by atoms with E-state index in [9.17, 15) is 9.90 Å². The molecule has 2 N–H and O–H groups in total. The first-order chi connectivity index (χ1) is 15.7. The topological polar surface area (TPSA) is 87.6 Å². The third-order valence-electron chi connectivity index (χ3n) is 5.40. The fourth-order valence-corrected chi connectivity index (χ4v) is 4.89. The molecule has 0 spiro atoms. The molecular formula is C24H22N4O3S. The van der Waals surface area contributed by atoms with Gasteiger partial charge in [-0.25, -0.2) is 9.97 Å². The minimum Gasteiger partial charge on any atom is -0.508 e. The Kier molecular flexibility index (Phi) is 5.70. The van der Waals surface area contributed by atoms with Crippen molar-refractivity contribution in [2.75, 3.05) is 31.2 Å². The molecule has 0 saturated carbocycles. The Morgan fingerprint density at radius 3 is 2.62 bits per heavy atom. The van der Waals surface area contributed by atoms with Crippen LogP contribution in [-0.2, 0) is 16.1 Å². The van der Waals surface area contributed by atoms with Gasteiger partial charge >= 0.3 is 0 Å². The molecule has 162 valence electrons. The number of carbonyl (C=O) groups excluding carboxylic acids is 1. The number of thiophene rings is 1. The van der Waals surface area contributed by atoms with Gasteiger partial charge in [-0.2, -0.15) is 0 Å². The number of morpholine rings is 1. The van der Waals surface area contributed by atoms with E-state index in [1.807, 2.05) is 18.2 Å². The van der Waals surface area contributed by atoms with Crippen LogP contribution in [0, 0.1) is 0 Å². The number of aromatic nitrogens is 2. The molecule has 2 aromatic heterocycles. The van der Waals surface area contributed by atoms with Crippen LogP contribution >= 0.6 is 11.3 Å². The van der Waals surface area contributed by atoms with Crippen molar-refractivity contribution in [3.63, 3.8) is 0 Å². The predicted molar refractivity (Wildman–Crippen MR) is 126 cm³/mol. The molecule has 2 aromatic carbocycles. The van der Waals surface area contributed by atoms with Gasteiger partial charge in [0, 0.05) is 30.1 Å². The number of nitrogens with zero attached hydrogens (tertiary/aromatic N) is 3. The number of aromatic hydroxyl groups is 1. The molecule has 0 aliphatic carbocycles. The monoisotopic (exact) mass is 446 g/mol. The molecule has 0 bridgehead atoms. The molecule has 1 aliphatic heterocycles. The van der Waals surface area contributed by atoms with Gasteiger partial charge in [0.1, 0.15) is 5.75 Å². The van der Waals surface area contributed by atoms with E-state index in [0.717, 1.165) is 50.7 Å². The molecule has 1 fully saturated rings. The zero-order valence-electron chi connectivity index (χ0n) is 17.3. The van der Waals surface area contributed by atoms with Gasteiger partial charge in [-0.3, -0.25) is 4.79 Å². The summed E-state index contributed by atoms with van der Waals surface area (Å²) in [6.07, 6.45) is 0.704. The van der Waals surface area contributed by atoms with Crippen LogP contribution in [0.5, 0.6) is 5.75 Å². The highest BCUT2D eigenvalue weighted by atomic mass is 32.1. The molecule has 0 atom stereocenters. The van der Waals surface area contributed by atoms with E-state index >= 15 is 0 Å². The Hall–Kier alpha value is -3.49. The van der Waals surface area contributed by atoms with Crippen molar-refractivity contribution in [2.45, 2.75) is 6.54 Å². The van der Waals surface area contributed by atoms with Crippen molar-refractivity contribution in [2.24, 2.45) is 0 Å². The number of phenolic OH excluding ortho intramolecular Hbond substituents is 1. The van der Waals surface area contributed by atoms with Gasteiger partial charge in [-0.05, 0) is 29.3 Å². The zero-order valence-corrected chi connectivity index (χ0v) is 18.1. The van der Waals surface area contributed by atoms with Gasteiger partial charge in [0.05, 0.1) is 23.4 Å². The van der Waals surface area contributed by atoms with Crippen LogP contribution in [0.4, 0.5) is 5.82 Å². The van der Waals surface area contributed by atoms with E-state index in [0.29, 0.717) is 32.0 Å². The molecule has 1 amide bonds. The lowest BCUT2D eigenvalue weighted by Crippen LogP contribution is -2.36. The molecule has 1 saturated heterocycles. The van der Waals surface area contributed by atoms with E-state index in [4.69, 9.17) is 14.7 Å². The minimum atomic E-state index is 0.189. The van der Waals surface area contributed by atoms with Gasteiger partial charge in [-0.15, -0.1) is 11.3 Å². The van der Waals surface area contributed by atoms with Crippen molar-refractivity contribution < 1.29 is 14.6 Å². The van der Waals surface area contributed by atoms with Gasteiger partial charge in [0.25, 0.3) is 0 Å². The van der Waals surface area contributed by atoms with Crippen LogP contribution < -0.4 is 10.2 Å². The molecule has 3 heterocycles. The first-order valence-corrected chi connectivity index (χ1v) is 11.2. The van der Waals surface area contributed by atoms with Crippen molar-refractivity contribution in [1.82, 2.24) is 15.3 Å². The Labute approximate surface area is 189 Å². The Morgan fingerprint density at radius 1 is 1.06 bits per heavy atom. The molecule has 1 aliphatic rings.